The first kappa shape index (κ1) is 13.3. The fourth-order valence-electron chi connectivity index (χ4n) is 2.06. The number of nitrogens with one attached hydrogen (secondary N) is 1. The van der Waals surface area contributed by atoms with Gasteiger partial charge in [0.1, 0.15) is 5.75 Å². The van der Waals surface area contributed by atoms with E-state index in [1.165, 1.54) is 6.07 Å². The highest BCUT2D eigenvalue weighted by Crippen LogP contribution is 2.26. The lowest BCUT2D eigenvalue weighted by atomic mass is 10.1. The Kier molecular flexibility index (Phi) is 3.39. The molecule has 0 bridgehead atoms. The van der Waals surface area contributed by atoms with E-state index in [0.29, 0.717) is 11.3 Å². The monoisotopic (exact) mass is 286 g/mol. The van der Waals surface area contributed by atoms with Crippen LogP contribution in [0.15, 0.2) is 48.5 Å². The Morgan fingerprint density at radius 3 is 2.57 bits per heavy atom. The van der Waals surface area contributed by atoms with Crippen molar-refractivity contribution < 1.29 is 13.5 Å². The lowest BCUT2D eigenvalue weighted by Gasteiger charge is -2.01. The molecule has 5 heteroatoms. The van der Waals surface area contributed by atoms with Gasteiger partial charge in [0.15, 0.2) is 11.6 Å². The van der Waals surface area contributed by atoms with E-state index in [1.54, 1.807) is 13.2 Å². The van der Waals surface area contributed by atoms with Crippen LogP contribution >= 0.6 is 0 Å². The molecule has 0 amide bonds. The highest BCUT2D eigenvalue weighted by atomic mass is 19.2. The van der Waals surface area contributed by atoms with Crippen LogP contribution in [0.5, 0.6) is 5.75 Å². The van der Waals surface area contributed by atoms with Crippen molar-refractivity contribution in [2.45, 2.75) is 0 Å². The van der Waals surface area contributed by atoms with Crippen molar-refractivity contribution in [3.63, 3.8) is 0 Å². The van der Waals surface area contributed by atoms with Gasteiger partial charge >= 0.3 is 0 Å². The number of rotatable bonds is 3. The van der Waals surface area contributed by atoms with Crippen LogP contribution in [0.1, 0.15) is 0 Å². The van der Waals surface area contributed by atoms with Gasteiger partial charge in [-0.05, 0) is 36.4 Å². The Balaban J connectivity index is 1.97. The second kappa shape index (κ2) is 5.36. The molecule has 0 unspecified atom stereocenters. The molecule has 2 aromatic carbocycles. The number of ether oxygens (including phenoxy) is 1. The highest BCUT2D eigenvalue weighted by Gasteiger charge is 2.09. The van der Waals surface area contributed by atoms with Crippen molar-refractivity contribution in [3.8, 4) is 28.3 Å². The average molecular weight is 286 g/mol. The number of nitrogens with zero attached hydrogens (tertiary/aromatic N) is 1. The Labute approximate surface area is 120 Å². The third kappa shape index (κ3) is 2.63. The van der Waals surface area contributed by atoms with Crippen molar-refractivity contribution in [3.05, 3.63) is 60.2 Å². The van der Waals surface area contributed by atoms with Gasteiger partial charge in [-0.15, -0.1) is 0 Å². The van der Waals surface area contributed by atoms with Gasteiger partial charge in [0.05, 0.1) is 18.5 Å². The summed E-state index contributed by atoms with van der Waals surface area (Å²) in [5, 5.41) is 7.02. The minimum atomic E-state index is -0.890. The number of aromatic amines is 1. The SMILES string of the molecule is COc1cccc(-c2cc(-c3ccc(F)c(F)c3)n[nH]2)c1. The molecule has 1 heterocycles. The average Bonchev–Trinajstić information content (AvgIpc) is 3.00. The quantitative estimate of drug-likeness (QED) is 0.789. The zero-order chi connectivity index (χ0) is 14.8. The third-order valence-corrected chi connectivity index (χ3v) is 3.17. The first-order chi connectivity index (χ1) is 10.2. The molecule has 0 radical (unpaired) electrons. The topological polar surface area (TPSA) is 37.9 Å². The van der Waals surface area contributed by atoms with Crippen molar-refractivity contribution in [1.82, 2.24) is 10.2 Å². The number of benzene rings is 2. The number of halogens is 2. The summed E-state index contributed by atoms with van der Waals surface area (Å²) in [5.74, 6) is -1.03. The molecule has 0 aliphatic heterocycles. The number of methoxy groups -OCH3 is 1. The zero-order valence-electron chi connectivity index (χ0n) is 11.2. The van der Waals surface area contributed by atoms with E-state index in [2.05, 4.69) is 10.2 Å². The molecule has 0 spiro atoms. The minimum Gasteiger partial charge on any atom is -0.497 e. The van der Waals surface area contributed by atoms with Crippen LogP contribution in [-0.2, 0) is 0 Å². The zero-order valence-corrected chi connectivity index (χ0v) is 11.2. The molecule has 3 nitrogen and oxygen atoms in total. The molecule has 0 atom stereocenters. The van der Waals surface area contributed by atoms with Crippen molar-refractivity contribution in [2.75, 3.05) is 7.11 Å². The minimum absolute atomic E-state index is 0.513. The fourth-order valence-corrected chi connectivity index (χ4v) is 2.06. The van der Waals surface area contributed by atoms with E-state index < -0.39 is 11.6 Å². The largest absolute Gasteiger partial charge is 0.497 e. The van der Waals surface area contributed by atoms with E-state index in [-0.39, 0.29) is 0 Å². The van der Waals surface area contributed by atoms with Gasteiger partial charge in [-0.3, -0.25) is 5.10 Å². The molecule has 1 N–H and O–H groups in total. The van der Waals surface area contributed by atoms with Gasteiger partial charge in [0.25, 0.3) is 0 Å². The number of H-pyrrole nitrogens is 1. The smallest absolute Gasteiger partial charge is 0.159 e. The molecule has 0 saturated carbocycles. The predicted molar refractivity (Wildman–Crippen MR) is 75.9 cm³/mol. The van der Waals surface area contributed by atoms with Crippen molar-refractivity contribution in [1.29, 1.82) is 0 Å². The molecule has 106 valence electrons. The molecular formula is C16H12F2N2O. The fraction of sp³-hybridized carbons (Fsp3) is 0.0625. The van der Waals surface area contributed by atoms with E-state index in [0.717, 1.165) is 29.1 Å². The molecule has 0 aliphatic carbocycles. The normalized spacial score (nSPS) is 10.6. The Morgan fingerprint density at radius 1 is 0.952 bits per heavy atom. The first-order valence-corrected chi connectivity index (χ1v) is 6.32. The van der Waals surface area contributed by atoms with Gasteiger partial charge < -0.3 is 4.74 Å². The van der Waals surface area contributed by atoms with E-state index in [9.17, 15) is 8.78 Å². The summed E-state index contributed by atoms with van der Waals surface area (Å²) in [7, 11) is 1.60. The van der Waals surface area contributed by atoms with Crippen LogP contribution in [0, 0.1) is 11.6 Å². The lowest BCUT2D eigenvalue weighted by Crippen LogP contribution is -1.85. The molecule has 3 rings (SSSR count). The van der Waals surface area contributed by atoms with Gasteiger partial charge in [0.2, 0.25) is 0 Å². The van der Waals surface area contributed by atoms with Crippen molar-refractivity contribution in [2.24, 2.45) is 0 Å². The van der Waals surface area contributed by atoms with E-state index in [4.69, 9.17) is 4.74 Å². The molecule has 0 saturated heterocycles. The number of aromatic nitrogens is 2. The lowest BCUT2D eigenvalue weighted by molar-refractivity contribution is 0.415. The van der Waals surface area contributed by atoms with Crippen LogP contribution in [0.3, 0.4) is 0 Å². The molecule has 21 heavy (non-hydrogen) atoms. The van der Waals surface area contributed by atoms with E-state index >= 15 is 0 Å². The standard InChI is InChI=1S/C16H12F2N2O/c1-21-12-4-2-3-10(7-12)15-9-16(20-19-15)11-5-6-13(17)14(18)8-11/h2-9H,1H3,(H,19,20). The Morgan fingerprint density at radius 2 is 1.81 bits per heavy atom. The maximum absolute atomic E-state index is 13.3. The van der Waals surface area contributed by atoms with Gasteiger partial charge in [0, 0.05) is 11.1 Å². The Bertz CT molecular complexity index is 783. The summed E-state index contributed by atoms with van der Waals surface area (Å²) >= 11 is 0. The summed E-state index contributed by atoms with van der Waals surface area (Å²) in [6.07, 6.45) is 0. The van der Waals surface area contributed by atoms with Crippen LogP contribution in [0.25, 0.3) is 22.5 Å². The maximum atomic E-state index is 13.3. The first-order valence-electron chi connectivity index (χ1n) is 6.32. The maximum Gasteiger partial charge on any atom is 0.159 e. The second-order valence-electron chi connectivity index (χ2n) is 4.53. The summed E-state index contributed by atoms with van der Waals surface area (Å²) in [5.41, 5.74) is 2.73. The van der Waals surface area contributed by atoms with Crippen LogP contribution in [0.4, 0.5) is 8.78 Å². The predicted octanol–water partition coefficient (Wildman–Crippen LogP) is 4.03. The molecular weight excluding hydrogens is 274 g/mol. The highest BCUT2D eigenvalue weighted by molar-refractivity contribution is 5.69. The summed E-state index contributed by atoms with van der Waals surface area (Å²) in [4.78, 5) is 0. The molecule has 1 aromatic heterocycles. The van der Waals surface area contributed by atoms with Gasteiger partial charge in [-0.2, -0.15) is 5.10 Å². The second-order valence-corrected chi connectivity index (χ2v) is 4.53. The Hall–Kier alpha value is -2.69. The molecule has 0 aliphatic rings. The van der Waals surface area contributed by atoms with E-state index in [1.807, 2.05) is 24.3 Å². The molecule has 0 fully saturated rings. The van der Waals surface area contributed by atoms with Crippen LogP contribution in [0.2, 0.25) is 0 Å². The summed E-state index contributed by atoms with van der Waals surface area (Å²) in [6.45, 7) is 0. The van der Waals surface area contributed by atoms with Crippen LogP contribution in [-0.4, -0.2) is 17.3 Å². The molecule has 3 aromatic rings. The van der Waals surface area contributed by atoms with Crippen molar-refractivity contribution >= 4 is 0 Å². The summed E-state index contributed by atoms with van der Waals surface area (Å²) < 4.78 is 31.4. The third-order valence-electron chi connectivity index (χ3n) is 3.17. The van der Waals surface area contributed by atoms with Crippen LogP contribution < -0.4 is 4.74 Å². The number of hydrogen-bond acceptors (Lipinski definition) is 2. The summed E-state index contributed by atoms with van der Waals surface area (Å²) in [6, 6.07) is 13.0. The van der Waals surface area contributed by atoms with Gasteiger partial charge in [-0.1, -0.05) is 12.1 Å². The van der Waals surface area contributed by atoms with Gasteiger partial charge in [-0.25, -0.2) is 8.78 Å². The number of hydrogen-bond donors (Lipinski definition) is 1.